The molecule has 0 spiro atoms. The Morgan fingerprint density at radius 3 is 2.26 bits per heavy atom. The molecule has 19 heavy (non-hydrogen) atoms. The molecular formula is C14H12N2O3. The third kappa shape index (κ3) is 3.38. The summed E-state index contributed by atoms with van der Waals surface area (Å²) < 4.78 is 0. The van der Waals surface area contributed by atoms with Crippen molar-refractivity contribution in [1.29, 1.82) is 0 Å². The van der Waals surface area contributed by atoms with Gasteiger partial charge in [-0.05, 0) is 17.7 Å². The molecule has 2 aromatic rings. The molecule has 0 bridgehead atoms. The summed E-state index contributed by atoms with van der Waals surface area (Å²) >= 11 is 0. The highest BCUT2D eigenvalue weighted by Gasteiger charge is 2.08. The zero-order valence-corrected chi connectivity index (χ0v) is 10.1. The van der Waals surface area contributed by atoms with E-state index < -0.39 is 4.92 Å². The first-order chi connectivity index (χ1) is 9.16. The molecule has 2 aromatic carbocycles. The number of nitrogens with one attached hydrogen (secondary N) is 1. The first kappa shape index (κ1) is 12.8. The highest BCUT2D eigenvalue weighted by atomic mass is 16.6. The number of hydrogen-bond donors (Lipinski definition) is 1. The Balaban J connectivity index is 1.98. The molecule has 5 heteroatoms. The van der Waals surface area contributed by atoms with Crippen LogP contribution in [0.1, 0.15) is 15.9 Å². The fourth-order valence-corrected chi connectivity index (χ4v) is 1.61. The molecule has 0 aliphatic heterocycles. The maximum atomic E-state index is 11.8. The lowest BCUT2D eigenvalue weighted by Crippen LogP contribution is -2.22. The van der Waals surface area contributed by atoms with Gasteiger partial charge in [-0.3, -0.25) is 14.9 Å². The monoisotopic (exact) mass is 255 g/mol. The van der Waals surface area contributed by atoms with E-state index in [1.54, 1.807) is 0 Å². The minimum Gasteiger partial charge on any atom is -0.348 e. The number of carbonyl (C=O) groups excluding carboxylic acids is 1. The molecule has 2 rings (SSSR count). The van der Waals surface area contributed by atoms with Crippen molar-refractivity contribution in [3.8, 4) is 0 Å². The predicted molar refractivity (Wildman–Crippen MR) is 70.7 cm³/mol. The van der Waals surface area contributed by atoms with Crippen molar-refractivity contribution in [3.05, 3.63) is 75.8 Å². The minimum absolute atomic E-state index is 0.0281. The molecule has 0 fully saturated rings. The Hall–Kier alpha value is -2.69. The van der Waals surface area contributed by atoms with Crippen LogP contribution in [-0.2, 0) is 6.54 Å². The van der Waals surface area contributed by atoms with Gasteiger partial charge in [0.1, 0.15) is 0 Å². The average Bonchev–Trinajstić information content (AvgIpc) is 2.46. The number of carbonyl (C=O) groups is 1. The van der Waals surface area contributed by atoms with Crippen LogP contribution in [0.25, 0.3) is 0 Å². The molecule has 5 nitrogen and oxygen atoms in total. The van der Waals surface area contributed by atoms with E-state index in [9.17, 15) is 14.9 Å². The molecule has 0 unspecified atom stereocenters. The predicted octanol–water partition coefficient (Wildman–Crippen LogP) is 2.52. The molecule has 0 atom stereocenters. The number of hydrogen-bond acceptors (Lipinski definition) is 3. The second-order valence-electron chi connectivity index (χ2n) is 3.97. The highest BCUT2D eigenvalue weighted by Crippen LogP contribution is 2.11. The Bertz CT molecular complexity index is 579. The van der Waals surface area contributed by atoms with Crippen molar-refractivity contribution >= 4 is 11.6 Å². The number of amides is 1. The van der Waals surface area contributed by atoms with Gasteiger partial charge in [0.2, 0.25) is 0 Å². The van der Waals surface area contributed by atoms with Gasteiger partial charge >= 0.3 is 0 Å². The fourth-order valence-electron chi connectivity index (χ4n) is 1.61. The first-order valence-electron chi connectivity index (χ1n) is 5.73. The quantitative estimate of drug-likeness (QED) is 0.674. The molecule has 96 valence electrons. The summed E-state index contributed by atoms with van der Waals surface area (Å²) in [7, 11) is 0. The lowest BCUT2D eigenvalue weighted by Gasteiger charge is -2.05. The Labute approximate surface area is 110 Å². The third-order valence-corrected chi connectivity index (χ3v) is 2.64. The molecule has 0 radical (unpaired) electrons. The number of nitrogens with zero attached hydrogens (tertiary/aromatic N) is 1. The first-order valence-corrected chi connectivity index (χ1v) is 5.73. The van der Waals surface area contributed by atoms with Crippen LogP contribution in [0.4, 0.5) is 5.69 Å². The SMILES string of the molecule is O=[11C](NCc1ccccc1)c1ccc([N+](=O)[O-])cc1. The van der Waals surface area contributed by atoms with Gasteiger partial charge in [-0.25, -0.2) is 0 Å². The van der Waals surface area contributed by atoms with Gasteiger partial charge in [-0.15, -0.1) is 0 Å². The van der Waals surface area contributed by atoms with E-state index in [2.05, 4.69) is 5.32 Å². The number of non-ortho nitro benzene ring substituents is 1. The lowest BCUT2D eigenvalue weighted by atomic mass is 9.88. The number of nitro groups is 1. The van der Waals surface area contributed by atoms with Crippen LogP contribution in [0.2, 0.25) is 0 Å². The van der Waals surface area contributed by atoms with Crippen LogP contribution in [0.15, 0.2) is 54.6 Å². The molecule has 0 saturated heterocycles. The number of nitro benzene ring substituents is 1. The number of benzene rings is 2. The van der Waals surface area contributed by atoms with Crippen molar-refractivity contribution in [3.63, 3.8) is 0 Å². The standard InChI is InChI=1S/C14H12N2O3/c17-14(15-10-11-4-2-1-3-5-11)12-6-8-13(9-7-12)16(18)19/h1-9H,10H2,(H,15,17)/i14-1. The van der Waals surface area contributed by atoms with Crippen LogP contribution in [0.3, 0.4) is 0 Å². The van der Waals surface area contributed by atoms with Crippen LogP contribution < -0.4 is 5.32 Å². The van der Waals surface area contributed by atoms with Crippen molar-refractivity contribution < 1.29 is 9.72 Å². The normalized spacial score (nSPS) is 9.89. The lowest BCUT2D eigenvalue weighted by molar-refractivity contribution is -0.384. The second kappa shape index (κ2) is 5.77. The molecule has 0 aliphatic rings. The zero-order chi connectivity index (χ0) is 13.7. The van der Waals surface area contributed by atoms with E-state index in [0.717, 1.165) is 5.56 Å². The topological polar surface area (TPSA) is 72.2 Å². The van der Waals surface area contributed by atoms with Gasteiger partial charge < -0.3 is 5.32 Å². The van der Waals surface area contributed by atoms with E-state index in [4.69, 9.17) is 0 Å². The Morgan fingerprint density at radius 1 is 1.05 bits per heavy atom. The fraction of sp³-hybridized carbons (Fsp3) is 0.0714. The molecule has 0 aromatic heterocycles. The van der Waals surface area contributed by atoms with Crippen LogP contribution in [0, 0.1) is 10.1 Å². The van der Waals surface area contributed by atoms with E-state index in [0.29, 0.717) is 12.1 Å². The zero-order valence-electron chi connectivity index (χ0n) is 10.1. The summed E-state index contributed by atoms with van der Waals surface area (Å²) in [6.45, 7) is 0.427. The second-order valence-corrected chi connectivity index (χ2v) is 3.97. The van der Waals surface area contributed by atoms with Gasteiger partial charge in [0.25, 0.3) is 11.6 Å². The summed E-state index contributed by atoms with van der Waals surface area (Å²) in [5.41, 5.74) is 1.37. The summed E-state index contributed by atoms with van der Waals surface area (Å²) in [6, 6.07) is 15.0. The van der Waals surface area contributed by atoms with Crippen LogP contribution >= 0.6 is 0 Å². The molecule has 1 amide bonds. The van der Waals surface area contributed by atoms with E-state index >= 15 is 0 Å². The van der Waals surface area contributed by atoms with Crippen molar-refractivity contribution in [1.82, 2.24) is 5.32 Å². The molecule has 0 saturated carbocycles. The smallest absolute Gasteiger partial charge is 0.269 e. The summed E-state index contributed by atoms with van der Waals surface area (Å²) in [6.07, 6.45) is 0. The van der Waals surface area contributed by atoms with Gasteiger partial charge in [-0.1, -0.05) is 30.3 Å². The molecular weight excluding hydrogens is 243 g/mol. The largest absolute Gasteiger partial charge is 0.348 e. The van der Waals surface area contributed by atoms with Gasteiger partial charge in [0.15, 0.2) is 0 Å². The van der Waals surface area contributed by atoms with Crippen LogP contribution in [0.5, 0.6) is 0 Å². The van der Waals surface area contributed by atoms with Crippen molar-refractivity contribution in [2.24, 2.45) is 0 Å². The van der Waals surface area contributed by atoms with Gasteiger partial charge in [-0.2, -0.15) is 0 Å². The van der Waals surface area contributed by atoms with Crippen LogP contribution in [-0.4, -0.2) is 10.8 Å². The summed E-state index contributed by atoms with van der Waals surface area (Å²) in [5, 5.41) is 13.3. The van der Waals surface area contributed by atoms with E-state index in [1.165, 1.54) is 24.3 Å². The Morgan fingerprint density at radius 2 is 1.68 bits per heavy atom. The van der Waals surface area contributed by atoms with Crippen molar-refractivity contribution in [2.75, 3.05) is 0 Å². The molecule has 0 heterocycles. The Kier molecular flexibility index (Phi) is 3.87. The molecule has 0 aliphatic carbocycles. The van der Waals surface area contributed by atoms with Gasteiger partial charge in [0.05, 0.1) is 4.92 Å². The third-order valence-electron chi connectivity index (χ3n) is 2.64. The minimum atomic E-state index is -0.494. The van der Waals surface area contributed by atoms with Gasteiger partial charge in [0, 0.05) is 24.2 Å². The highest BCUT2D eigenvalue weighted by molar-refractivity contribution is 5.94. The summed E-state index contributed by atoms with van der Waals surface area (Å²) in [5.74, 6) is -0.251. The van der Waals surface area contributed by atoms with E-state index in [1.807, 2.05) is 30.3 Å². The number of rotatable bonds is 4. The average molecular weight is 255 g/mol. The summed E-state index contributed by atoms with van der Waals surface area (Å²) in [4.78, 5) is 21.8. The van der Waals surface area contributed by atoms with E-state index in [-0.39, 0.29) is 11.6 Å². The van der Waals surface area contributed by atoms with Crippen molar-refractivity contribution in [2.45, 2.75) is 6.54 Å². The maximum absolute atomic E-state index is 11.8. The molecule has 1 N–H and O–H groups in total. The maximum Gasteiger partial charge on any atom is 0.269 e.